The van der Waals surface area contributed by atoms with Crippen LogP contribution in [0.1, 0.15) is 12.8 Å². The third-order valence-electron chi connectivity index (χ3n) is 2.29. The summed E-state index contributed by atoms with van der Waals surface area (Å²) in [5.74, 6) is 0. The second kappa shape index (κ2) is 16.6. The summed E-state index contributed by atoms with van der Waals surface area (Å²) in [5.41, 5.74) is 0. The molecule has 0 aliphatic carbocycles. The number of hydrogen-bond donors (Lipinski definition) is 2. The van der Waals surface area contributed by atoms with Crippen molar-refractivity contribution in [2.24, 2.45) is 0 Å². The third kappa shape index (κ3) is 15.6. The Kier molecular flexibility index (Phi) is 16.2. The van der Waals surface area contributed by atoms with Crippen molar-refractivity contribution in [1.82, 2.24) is 10.6 Å². The van der Waals surface area contributed by atoms with Crippen LogP contribution in [0.4, 0.5) is 0 Å². The van der Waals surface area contributed by atoms with Gasteiger partial charge in [-0.2, -0.15) is 0 Å². The number of ether oxygens (including phenoxy) is 2. The summed E-state index contributed by atoms with van der Waals surface area (Å²) in [5, 5.41) is 6.18. The van der Waals surface area contributed by atoms with E-state index in [9.17, 15) is 4.79 Å². The monoisotopic (exact) mass is 257 g/mol. The zero-order valence-electron chi connectivity index (χ0n) is 11.5. The van der Waals surface area contributed by atoms with Gasteiger partial charge in [-0.15, -0.1) is 0 Å². The highest BCUT2D eigenvalue weighted by Gasteiger charge is 1.93. The van der Waals surface area contributed by atoms with Crippen LogP contribution in [-0.4, -0.2) is 66.6 Å². The fourth-order valence-electron chi connectivity index (χ4n) is 1.29. The van der Waals surface area contributed by atoms with Gasteiger partial charge in [0.15, 0.2) is 0 Å². The number of carbonyl (C=O) groups excluding carboxylic acids is 1. The molecule has 0 amide bonds. The second-order valence-corrected chi connectivity index (χ2v) is 3.92. The first kappa shape index (κ1) is 17.6. The lowest BCUT2D eigenvalue weighted by molar-refractivity contribution is -0.107. The largest absolute Gasteiger partial charge is 0.379 e. The Labute approximate surface area is 111 Å². The summed E-state index contributed by atoms with van der Waals surface area (Å²) < 4.78 is 10.7. The molecular weight excluding hydrogens is 231 g/mol. The van der Waals surface area contributed by atoms with Gasteiger partial charge < -0.3 is 24.9 Å². The molecule has 2 N–H and O–H groups in total. The molecule has 0 aromatic carbocycles. The van der Waals surface area contributed by atoms with E-state index in [4.69, 9.17) is 9.47 Å². The predicted molar refractivity (Wildman–Crippen MR) is 74.3 cm³/mol. The number of nitrogens with one attached hydrogen (secondary N) is 2. The quantitative estimate of drug-likeness (QED) is 0.243. The molecule has 0 saturated heterocycles. The first-order chi connectivity index (χ1) is 8.91. The van der Waals surface area contributed by atoms with Crippen molar-refractivity contribution in [3.8, 4) is 0 Å². The Balaban J connectivity index is 2.88. The lowest BCUT2D eigenvalue weighted by atomic mass is 9.73. The highest BCUT2D eigenvalue weighted by atomic mass is 16.5. The maximum atomic E-state index is 10.0. The highest BCUT2D eigenvalue weighted by Crippen LogP contribution is 1.90. The van der Waals surface area contributed by atoms with Gasteiger partial charge >= 0.3 is 0 Å². The summed E-state index contributed by atoms with van der Waals surface area (Å²) in [6.07, 6.45) is 4.45. The molecule has 0 heterocycles. The Morgan fingerprint density at radius 2 is 1.89 bits per heavy atom. The van der Waals surface area contributed by atoms with Crippen molar-refractivity contribution in [3.05, 3.63) is 0 Å². The maximum Gasteiger partial charge on any atom is 0.128 e. The number of hydrogen-bond acceptors (Lipinski definition) is 5. The lowest BCUT2D eigenvalue weighted by Gasteiger charge is -2.05. The molecule has 0 aliphatic rings. The van der Waals surface area contributed by atoms with E-state index in [2.05, 4.69) is 17.9 Å². The maximum absolute atomic E-state index is 10.0. The molecule has 0 aliphatic heterocycles. The van der Waals surface area contributed by atoms with Crippen LogP contribution in [0, 0.1) is 0 Å². The smallest absolute Gasteiger partial charge is 0.128 e. The average molecular weight is 257 g/mol. The van der Waals surface area contributed by atoms with E-state index in [0.29, 0.717) is 19.6 Å². The number of aldehydes is 1. The summed E-state index contributed by atoms with van der Waals surface area (Å²) in [6.45, 7) is 4.49. The molecule has 6 heteroatoms. The molecule has 1 radical (unpaired) electrons. The first-order valence-electron chi connectivity index (χ1n) is 6.68. The van der Waals surface area contributed by atoms with Gasteiger partial charge in [0.2, 0.25) is 0 Å². The van der Waals surface area contributed by atoms with Crippen molar-refractivity contribution in [2.75, 3.05) is 53.0 Å². The Hall–Kier alpha value is -0.425. The zero-order valence-corrected chi connectivity index (χ0v) is 11.5. The Morgan fingerprint density at radius 3 is 2.61 bits per heavy atom. The van der Waals surface area contributed by atoms with E-state index in [1.807, 2.05) is 7.05 Å². The fraction of sp³-hybridized carbons (Fsp3) is 0.917. The van der Waals surface area contributed by atoms with Crippen LogP contribution >= 0.6 is 0 Å². The summed E-state index contributed by atoms with van der Waals surface area (Å²) in [4.78, 5) is 10.0. The molecule has 0 unspecified atom stereocenters. The molecule has 0 atom stereocenters. The summed E-state index contributed by atoms with van der Waals surface area (Å²) in [6, 6.07) is 0. The predicted octanol–water partition coefficient (Wildman–Crippen LogP) is -0.112. The zero-order chi connectivity index (χ0) is 13.3. The van der Waals surface area contributed by atoms with Gasteiger partial charge in [0, 0.05) is 26.1 Å². The van der Waals surface area contributed by atoms with E-state index in [-0.39, 0.29) is 0 Å². The third-order valence-corrected chi connectivity index (χ3v) is 2.29. The van der Waals surface area contributed by atoms with Crippen LogP contribution < -0.4 is 10.6 Å². The van der Waals surface area contributed by atoms with Crippen LogP contribution in [0.15, 0.2) is 0 Å². The molecule has 0 fully saturated rings. The summed E-state index contributed by atoms with van der Waals surface area (Å²) >= 11 is 0. The van der Waals surface area contributed by atoms with Gasteiger partial charge in [0.25, 0.3) is 0 Å². The SMILES string of the molecule is CNCCOCCOCCC[B]CNCCC=O. The van der Waals surface area contributed by atoms with Gasteiger partial charge in [-0.25, -0.2) is 0 Å². The minimum atomic E-state index is 0.588. The lowest BCUT2D eigenvalue weighted by Crippen LogP contribution is -2.21. The van der Waals surface area contributed by atoms with Crippen LogP contribution in [0.5, 0.6) is 0 Å². The van der Waals surface area contributed by atoms with E-state index in [1.54, 1.807) is 0 Å². The molecule has 0 bridgehead atoms. The molecule has 0 aromatic heterocycles. The number of carbonyl (C=O) groups is 1. The van der Waals surface area contributed by atoms with Crippen LogP contribution in [0.25, 0.3) is 0 Å². The Morgan fingerprint density at radius 1 is 1.11 bits per heavy atom. The van der Waals surface area contributed by atoms with E-state index >= 15 is 0 Å². The van der Waals surface area contributed by atoms with Gasteiger partial charge in [-0.05, 0) is 19.9 Å². The minimum Gasteiger partial charge on any atom is -0.379 e. The van der Waals surface area contributed by atoms with Crippen molar-refractivity contribution < 1.29 is 14.3 Å². The van der Waals surface area contributed by atoms with Crippen molar-refractivity contribution in [1.29, 1.82) is 0 Å². The van der Waals surface area contributed by atoms with E-state index in [1.165, 1.54) is 0 Å². The van der Waals surface area contributed by atoms with Crippen LogP contribution in [0.2, 0.25) is 6.32 Å². The topological polar surface area (TPSA) is 59.6 Å². The molecule has 5 nitrogen and oxygen atoms in total. The standard InChI is InChI=1S/C12H26BN2O3/c1-14-6-9-18-11-10-17-8-2-4-13-12-15-5-3-7-16/h7,14-15H,2-6,8-12H2,1H3. The molecule has 105 valence electrons. The number of rotatable bonds is 15. The molecule has 0 aromatic rings. The first-order valence-corrected chi connectivity index (χ1v) is 6.68. The van der Waals surface area contributed by atoms with Crippen molar-refractivity contribution in [3.63, 3.8) is 0 Å². The molecule has 0 spiro atoms. The van der Waals surface area contributed by atoms with Gasteiger partial charge in [0.1, 0.15) is 13.6 Å². The van der Waals surface area contributed by atoms with E-state index in [0.717, 1.165) is 51.8 Å². The van der Waals surface area contributed by atoms with Crippen molar-refractivity contribution in [2.45, 2.75) is 19.2 Å². The molecule has 0 rings (SSSR count). The van der Waals surface area contributed by atoms with Crippen LogP contribution in [0.3, 0.4) is 0 Å². The highest BCUT2D eigenvalue weighted by molar-refractivity contribution is 6.35. The van der Waals surface area contributed by atoms with Gasteiger partial charge in [-0.3, -0.25) is 0 Å². The van der Waals surface area contributed by atoms with Gasteiger partial charge in [-0.1, -0.05) is 6.32 Å². The molecular formula is C12H26BN2O3. The van der Waals surface area contributed by atoms with Gasteiger partial charge in [0.05, 0.1) is 19.8 Å². The average Bonchev–Trinajstić information content (AvgIpc) is 2.39. The molecule has 0 saturated carbocycles. The second-order valence-electron chi connectivity index (χ2n) is 3.92. The van der Waals surface area contributed by atoms with Crippen molar-refractivity contribution >= 4 is 13.6 Å². The summed E-state index contributed by atoms with van der Waals surface area (Å²) in [7, 11) is 4.09. The number of likely N-dealkylation sites (N-methyl/N-ethyl adjacent to an activating group) is 1. The van der Waals surface area contributed by atoms with Crippen LogP contribution in [-0.2, 0) is 14.3 Å². The molecule has 18 heavy (non-hydrogen) atoms. The fourth-order valence-corrected chi connectivity index (χ4v) is 1.29. The normalized spacial score (nSPS) is 10.5. The minimum absolute atomic E-state index is 0.588. The Bertz CT molecular complexity index is 173. The van der Waals surface area contributed by atoms with E-state index < -0.39 is 0 Å².